The van der Waals surface area contributed by atoms with Crippen LogP contribution in [0.15, 0.2) is 35.4 Å². The van der Waals surface area contributed by atoms with Crippen LogP contribution in [0.25, 0.3) is 10.9 Å². The number of nitrogens with zero attached hydrogens (tertiary/aromatic N) is 4. The molecule has 0 bridgehead atoms. The van der Waals surface area contributed by atoms with Gasteiger partial charge in [0.2, 0.25) is 0 Å². The third-order valence-corrected chi connectivity index (χ3v) is 5.21. The molecular weight excluding hydrogens is 338 g/mol. The minimum absolute atomic E-state index is 0.0929. The summed E-state index contributed by atoms with van der Waals surface area (Å²) in [4.78, 5) is 20.9. The highest BCUT2D eigenvalue weighted by Crippen LogP contribution is 2.30. The summed E-state index contributed by atoms with van der Waals surface area (Å²) < 4.78 is 1.89. The second-order valence-corrected chi connectivity index (χ2v) is 7.02. The third-order valence-electron chi connectivity index (χ3n) is 4.90. The largest absolute Gasteiger partial charge is 0.313 e. The molecule has 0 amide bonds. The summed E-state index contributed by atoms with van der Waals surface area (Å²) >= 11 is 6.42. The Bertz CT molecular complexity index is 963. The normalized spacial score (nSPS) is 18.7. The smallest absolute Gasteiger partial charge is 0.250 e. The van der Waals surface area contributed by atoms with Gasteiger partial charge in [0.05, 0.1) is 28.3 Å². The van der Waals surface area contributed by atoms with Crippen LogP contribution in [0.3, 0.4) is 0 Å². The molecule has 0 spiro atoms. The SMILES string of the molecule is Cn1nc(CN2CCCC(c3cc(=O)[nH]cn3)C2)c2c(Cl)cccc21. The Balaban J connectivity index is 1.58. The Labute approximate surface area is 150 Å². The van der Waals surface area contributed by atoms with E-state index < -0.39 is 0 Å². The predicted octanol–water partition coefficient (Wildman–Crippen LogP) is 2.69. The van der Waals surface area contributed by atoms with E-state index in [-0.39, 0.29) is 11.5 Å². The molecule has 1 saturated heterocycles. The molecule has 1 aromatic carbocycles. The molecule has 0 aliphatic carbocycles. The maximum atomic E-state index is 11.6. The first kappa shape index (κ1) is 16.3. The van der Waals surface area contributed by atoms with Crippen molar-refractivity contribution in [2.45, 2.75) is 25.3 Å². The molecule has 25 heavy (non-hydrogen) atoms. The highest BCUT2D eigenvalue weighted by molar-refractivity contribution is 6.35. The van der Waals surface area contributed by atoms with E-state index in [2.05, 4.69) is 20.0 Å². The maximum absolute atomic E-state index is 11.6. The summed E-state index contributed by atoms with van der Waals surface area (Å²) in [5.74, 6) is 0.279. The average Bonchev–Trinajstić information content (AvgIpc) is 2.92. The maximum Gasteiger partial charge on any atom is 0.250 e. The lowest BCUT2D eigenvalue weighted by atomic mass is 9.94. The van der Waals surface area contributed by atoms with Gasteiger partial charge in [0.25, 0.3) is 5.56 Å². The number of H-pyrrole nitrogens is 1. The summed E-state index contributed by atoms with van der Waals surface area (Å²) in [5, 5.41) is 6.45. The van der Waals surface area contributed by atoms with Gasteiger partial charge in [-0.15, -0.1) is 0 Å². The van der Waals surface area contributed by atoms with Crippen LogP contribution in [-0.4, -0.2) is 37.7 Å². The van der Waals surface area contributed by atoms with Gasteiger partial charge in [0.15, 0.2) is 0 Å². The molecule has 1 fully saturated rings. The van der Waals surface area contributed by atoms with Crippen molar-refractivity contribution in [2.75, 3.05) is 13.1 Å². The number of piperidine rings is 1. The van der Waals surface area contributed by atoms with E-state index in [0.29, 0.717) is 0 Å². The highest BCUT2D eigenvalue weighted by Gasteiger charge is 2.24. The zero-order chi connectivity index (χ0) is 17.4. The second kappa shape index (κ2) is 6.61. The first-order valence-corrected chi connectivity index (χ1v) is 8.86. The molecule has 1 aliphatic rings. The Morgan fingerprint density at radius 2 is 2.28 bits per heavy atom. The molecule has 1 atom stereocenters. The first-order chi connectivity index (χ1) is 12.1. The molecule has 0 radical (unpaired) electrons. The fourth-order valence-electron chi connectivity index (χ4n) is 3.72. The predicted molar refractivity (Wildman–Crippen MR) is 97.8 cm³/mol. The van der Waals surface area contributed by atoms with Gasteiger partial charge >= 0.3 is 0 Å². The molecule has 3 aromatic rings. The van der Waals surface area contributed by atoms with Crippen molar-refractivity contribution in [1.82, 2.24) is 24.6 Å². The Hall–Kier alpha value is -2.18. The highest BCUT2D eigenvalue weighted by atomic mass is 35.5. The molecule has 1 unspecified atom stereocenters. The van der Waals surface area contributed by atoms with Crippen molar-refractivity contribution in [2.24, 2.45) is 7.05 Å². The number of rotatable bonds is 3. The lowest BCUT2D eigenvalue weighted by Gasteiger charge is -2.31. The number of hydrogen-bond acceptors (Lipinski definition) is 4. The lowest BCUT2D eigenvalue weighted by Crippen LogP contribution is -2.34. The molecule has 130 valence electrons. The standard InChI is InChI=1S/C18H20ClN5O/c1-23-16-6-2-5-13(19)18(16)15(22-23)10-24-7-3-4-12(9-24)14-8-17(25)21-11-20-14/h2,5-6,8,11-12H,3-4,7,9-10H2,1H3,(H,20,21,25). The molecule has 7 heteroatoms. The van der Waals surface area contributed by atoms with Crippen molar-refractivity contribution < 1.29 is 0 Å². The van der Waals surface area contributed by atoms with E-state index >= 15 is 0 Å². The topological polar surface area (TPSA) is 66.8 Å². The Kier molecular flexibility index (Phi) is 4.31. The van der Waals surface area contributed by atoms with E-state index in [4.69, 9.17) is 11.6 Å². The molecule has 1 N–H and O–H groups in total. The number of halogens is 1. The van der Waals surface area contributed by atoms with Crippen LogP contribution in [-0.2, 0) is 13.6 Å². The monoisotopic (exact) mass is 357 g/mol. The van der Waals surface area contributed by atoms with Crippen LogP contribution in [0.5, 0.6) is 0 Å². The van der Waals surface area contributed by atoms with Gasteiger partial charge in [-0.25, -0.2) is 4.98 Å². The summed E-state index contributed by atoms with van der Waals surface area (Å²) in [5.41, 5.74) is 2.83. The van der Waals surface area contributed by atoms with E-state index in [0.717, 1.165) is 59.8 Å². The van der Waals surface area contributed by atoms with Gasteiger partial charge in [-0.2, -0.15) is 5.10 Å². The van der Waals surface area contributed by atoms with E-state index in [1.165, 1.54) is 6.33 Å². The number of benzene rings is 1. The molecule has 1 aliphatic heterocycles. The van der Waals surface area contributed by atoms with Crippen LogP contribution < -0.4 is 5.56 Å². The van der Waals surface area contributed by atoms with Crippen molar-refractivity contribution in [3.8, 4) is 0 Å². The molecule has 3 heterocycles. The number of hydrogen-bond donors (Lipinski definition) is 1. The summed E-state index contributed by atoms with van der Waals surface area (Å²) in [6.45, 7) is 2.64. The summed E-state index contributed by atoms with van der Waals surface area (Å²) in [6, 6.07) is 7.51. The molecule has 6 nitrogen and oxygen atoms in total. The van der Waals surface area contributed by atoms with Gasteiger partial charge in [-0.05, 0) is 31.5 Å². The summed E-state index contributed by atoms with van der Waals surface area (Å²) in [7, 11) is 1.95. The van der Waals surface area contributed by atoms with Crippen molar-refractivity contribution >= 4 is 22.5 Å². The van der Waals surface area contributed by atoms with Crippen LogP contribution in [0.1, 0.15) is 30.1 Å². The van der Waals surface area contributed by atoms with Gasteiger partial charge < -0.3 is 4.98 Å². The number of nitrogens with one attached hydrogen (secondary N) is 1. The quantitative estimate of drug-likeness (QED) is 0.782. The van der Waals surface area contributed by atoms with Gasteiger partial charge in [-0.3, -0.25) is 14.4 Å². The minimum Gasteiger partial charge on any atom is -0.313 e. The number of aryl methyl sites for hydroxylation is 1. The van der Waals surface area contributed by atoms with Gasteiger partial charge in [0, 0.05) is 37.5 Å². The van der Waals surface area contributed by atoms with Crippen LogP contribution in [0, 0.1) is 0 Å². The summed E-state index contributed by atoms with van der Waals surface area (Å²) in [6.07, 6.45) is 3.62. The van der Waals surface area contributed by atoms with Crippen molar-refractivity contribution in [3.63, 3.8) is 0 Å². The van der Waals surface area contributed by atoms with Gasteiger partial charge in [-0.1, -0.05) is 17.7 Å². The van der Waals surface area contributed by atoms with Crippen LogP contribution in [0.4, 0.5) is 0 Å². The van der Waals surface area contributed by atoms with E-state index in [1.807, 2.05) is 29.9 Å². The van der Waals surface area contributed by atoms with Crippen molar-refractivity contribution in [1.29, 1.82) is 0 Å². The zero-order valence-corrected chi connectivity index (χ0v) is 14.8. The zero-order valence-electron chi connectivity index (χ0n) is 14.1. The minimum atomic E-state index is -0.0929. The molecule has 2 aromatic heterocycles. The van der Waals surface area contributed by atoms with Crippen LogP contribution >= 0.6 is 11.6 Å². The van der Waals surface area contributed by atoms with E-state index in [9.17, 15) is 4.79 Å². The fraction of sp³-hybridized carbons (Fsp3) is 0.389. The van der Waals surface area contributed by atoms with Crippen molar-refractivity contribution in [3.05, 3.63) is 57.4 Å². The fourth-order valence-corrected chi connectivity index (χ4v) is 4.00. The van der Waals surface area contributed by atoms with Crippen LogP contribution in [0.2, 0.25) is 5.02 Å². The Morgan fingerprint density at radius 3 is 3.12 bits per heavy atom. The number of likely N-dealkylation sites (tertiary alicyclic amines) is 1. The first-order valence-electron chi connectivity index (χ1n) is 8.49. The number of fused-ring (bicyclic) bond motifs is 1. The molecule has 0 saturated carbocycles. The average molecular weight is 358 g/mol. The number of aromatic amines is 1. The third kappa shape index (κ3) is 3.19. The molecule has 4 rings (SSSR count). The second-order valence-electron chi connectivity index (χ2n) is 6.61. The van der Waals surface area contributed by atoms with Gasteiger partial charge in [0.1, 0.15) is 0 Å². The lowest BCUT2D eigenvalue weighted by molar-refractivity contribution is 0.196. The number of aromatic nitrogens is 4. The van der Waals surface area contributed by atoms with E-state index in [1.54, 1.807) is 6.07 Å². The molecular formula is C18H20ClN5O. The Morgan fingerprint density at radius 1 is 1.40 bits per heavy atom.